The van der Waals surface area contributed by atoms with E-state index in [1.807, 2.05) is 125 Å². The van der Waals surface area contributed by atoms with Gasteiger partial charge in [0.25, 0.3) is 11.1 Å². The Balaban J connectivity index is 0.000000152. The van der Waals surface area contributed by atoms with E-state index < -0.39 is 0 Å². The largest absolute Gasteiger partial charge is 0.378 e. The topological polar surface area (TPSA) is 120 Å². The monoisotopic (exact) mass is 836 g/mol. The predicted octanol–water partition coefficient (Wildman–Crippen LogP) is 5.61. The normalized spacial score (nSPS) is 13.2. The van der Waals surface area contributed by atoms with Crippen LogP contribution >= 0.6 is 31.9 Å². The highest BCUT2D eigenvalue weighted by molar-refractivity contribution is 9.10. The van der Waals surface area contributed by atoms with Gasteiger partial charge in [-0.25, -0.2) is 8.80 Å². The van der Waals surface area contributed by atoms with Crippen molar-refractivity contribution in [3.63, 3.8) is 0 Å². The van der Waals surface area contributed by atoms with Crippen molar-refractivity contribution in [1.82, 2.24) is 38.3 Å². The Labute approximate surface area is 319 Å². The van der Waals surface area contributed by atoms with E-state index in [9.17, 15) is 9.59 Å². The Bertz CT molecular complexity index is 2720. The van der Waals surface area contributed by atoms with Gasteiger partial charge in [0.05, 0.1) is 48.1 Å². The third-order valence-electron chi connectivity index (χ3n) is 9.15. The first-order chi connectivity index (χ1) is 25.8. The molecule has 15 heteroatoms. The molecule has 0 radical (unpaired) electrons. The summed E-state index contributed by atoms with van der Waals surface area (Å²) in [7, 11) is 3.82. The lowest BCUT2D eigenvalue weighted by Crippen LogP contribution is -2.37. The molecule has 1 aliphatic rings. The molecule has 53 heavy (non-hydrogen) atoms. The number of rotatable bonds is 6. The maximum Gasteiger partial charge on any atom is 0.263 e. The first kappa shape index (κ1) is 34.7. The molecular weight excluding hydrogens is 804 g/mol. The highest BCUT2D eigenvalue weighted by Gasteiger charge is 2.22. The molecule has 0 amide bonds. The van der Waals surface area contributed by atoms with Crippen LogP contribution in [0.2, 0.25) is 0 Å². The second-order valence-electron chi connectivity index (χ2n) is 12.8. The Morgan fingerprint density at radius 1 is 0.642 bits per heavy atom. The van der Waals surface area contributed by atoms with Crippen LogP contribution in [-0.2, 0) is 17.8 Å². The summed E-state index contributed by atoms with van der Waals surface area (Å²) in [5, 5.41) is 18.7. The summed E-state index contributed by atoms with van der Waals surface area (Å²) < 4.78 is 14.5. The number of fused-ring (bicyclic) bond motifs is 6. The molecule has 0 bridgehead atoms. The summed E-state index contributed by atoms with van der Waals surface area (Å²) >= 11 is 6.95. The van der Waals surface area contributed by atoms with Crippen LogP contribution in [0.4, 0.5) is 11.9 Å². The zero-order chi connectivity index (χ0) is 36.6. The van der Waals surface area contributed by atoms with Gasteiger partial charge in [-0.1, -0.05) is 92.5 Å². The molecule has 0 N–H and O–H groups in total. The maximum absolute atomic E-state index is 13.3. The molecule has 1 saturated heterocycles. The summed E-state index contributed by atoms with van der Waals surface area (Å²) in [6.07, 6.45) is 0. The van der Waals surface area contributed by atoms with Crippen molar-refractivity contribution < 1.29 is 4.74 Å². The van der Waals surface area contributed by atoms with E-state index in [1.165, 1.54) is 0 Å². The summed E-state index contributed by atoms with van der Waals surface area (Å²) in [4.78, 5) is 30.5. The molecule has 0 spiro atoms. The molecule has 0 unspecified atom stereocenters. The second-order valence-corrected chi connectivity index (χ2v) is 14.7. The smallest absolute Gasteiger partial charge is 0.263 e. The minimum atomic E-state index is -0.0784. The number of hydrogen-bond donors (Lipinski definition) is 0. The summed E-state index contributed by atoms with van der Waals surface area (Å²) in [5.74, 6) is 2.51. The van der Waals surface area contributed by atoms with Gasteiger partial charge >= 0.3 is 0 Å². The lowest BCUT2D eigenvalue weighted by atomic mass is 10.2. The molecule has 13 nitrogen and oxygen atoms in total. The Morgan fingerprint density at radius 3 is 1.66 bits per heavy atom. The summed E-state index contributed by atoms with van der Waals surface area (Å²) in [6.45, 7) is 3.68. The van der Waals surface area contributed by atoms with Gasteiger partial charge in [0, 0.05) is 36.1 Å². The standard InChI is InChI=1S/C20H18BrN5O2.C18H16BrN5O/c21-15-6-7-17-16(12-15)18(27)25(13-14-4-2-1-3-5-14)20-23-22-19(26(17)20)24-8-10-28-11-9-24;1-22(2)17-20-21-18-23(11-12-6-4-3-5-7-12)16(25)14-10-13(19)8-9-15(14)24(17)18/h1-7,12H,8-11,13H2;3-10H,11H2,1-2H3. The average molecular weight is 839 g/mol. The number of ether oxygens (including phenoxy) is 1. The van der Waals surface area contributed by atoms with E-state index >= 15 is 0 Å². The van der Waals surface area contributed by atoms with Gasteiger partial charge in [0.2, 0.25) is 23.5 Å². The molecular formula is C38H34Br2N10O3. The van der Waals surface area contributed by atoms with Crippen LogP contribution in [0.1, 0.15) is 11.1 Å². The molecule has 268 valence electrons. The number of halogens is 2. The fourth-order valence-corrected chi connectivity index (χ4v) is 7.34. The van der Waals surface area contributed by atoms with E-state index in [-0.39, 0.29) is 11.1 Å². The van der Waals surface area contributed by atoms with Crippen molar-refractivity contribution in [2.24, 2.45) is 0 Å². The molecule has 4 aromatic heterocycles. The molecule has 4 aromatic carbocycles. The minimum absolute atomic E-state index is 0.0754. The van der Waals surface area contributed by atoms with Crippen molar-refractivity contribution in [2.45, 2.75) is 13.1 Å². The third-order valence-corrected chi connectivity index (χ3v) is 10.1. The van der Waals surface area contributed by atoms with Crippen LogP contribution in [0.25, 0.3) is 33.4 Å². The van der Waals surface area contributed by atoms with Crippen molar-refractivity contribution in [2.75, 3.05) is 50.2 Å². The fourth-order valence-electron chi connectivity index (χ4n) is 6.61. The van der Waals surface area contributed by atoms with Crippen LogP contribution in [0.15, 0.2) is 116 Å². The molecule has 8 aromatic rings. The number of morpholine rings is 1. The lowest BCUT2D eigenvalue weighted by Gasteiger charge is -2.27. The highest BCUT2D eigenvalue weighted by atomic mass is 79.9. The zero-order valence-corrected chi connectivity index (χ0v) is 32.1. The Morgan fingerprint density at radius 2 is 1.13 bits per heavy atom. The molecule has 5 heterocycles. The van der Waals surface area contributed by atoms with Crippen LogP contribution in [0.5, 0.6) is 0 Å². The zero-order valence-electron chi connectivity index (χ0n) is 28.9. The van der Waals surface area contributed by atoms with E-state index in [0.717, 1.165) is 50.1 Å². The number of nitrogens with zero attached hydrogens (tertiary/aromatic N) is 10. The van der Waals surface area contributed by atoms with Crippen LogP contribution in [0, 0.1) is 0 Å². The quantitative estimate of drug-likeness (QED) is 0.211. The number of benzene rings is 4. The van der Waals surface area contributed by atoms with Gasteiger partial charge in [0.1, 0.15) is 0 Å². The molecule has 9 rings (SSSR count). The molecule has 0 aliphatic carbocycles. The van der Waals surface area contributed by atoms with Crippen molar-refractivity contribution in [3.8, 4) is 0 Å². The van der Waals surface area contributed by atoms with Gasteiger partial charge in [-0.05, 0) is 47.5 Å². The Hall–Kier alpha value is -5.38. The highest BCUT2D eigenvalue weighted by Crippen LogP contribution is 2.25. The summed E-state index contributed by atoms with van der Waals surface area (Å²) in [6, 6.07) is 31.2. The van der Waals surface area contributed by atoms with Crippen molar-refractivity contribution in [1.29, 1.82) is 0 Å². The van der Waals surface area contributed by atoms with Gasteiger partial charge in [-0.3, -0.25) is 18.7 Å². The molecule has 0 saturated carbocycles. The number of anilines is 2. The number of hydrogen-bond acceptors (Lipinski definition) is 9. The number of aromatic nitrogens is 8. The summed E-state index contributed by atoms with van der Waals surface area (Å²) in [5.41, 5.74) is 3.52. The van der Waals surface area contributed by atoms with E-state index in [2.05, 4.69) is 57.2 Å². The van der Waals surface area contributed by atoms with Crippen LogP contribution in [-0.4, -0.2) is 78.7 Å². The van der Waals surface area contributed by atoms with Crippen molar-refractivity contribution >= 4 is 77.1 Å². The van der Waals surface area contributed by atoms with E-state index in [4.69, 9.17) is 4.74 Å². The molecule has 0 atom stereocenters. The lowest BCUT2D eigenvalue weighted by molar-refractivity contribution is 0.122. The van der Waals surface area contributed by atoms with Crippen LogP contribution in [0.3, 0.4) is 0 Å². The van der Waals surface area contributed by atoms with E-state index in [0.29, 0.717) is 54.6 Å². The van der Waals surface area contributed by atoms with Gasteiger partial charge in [-0.15, -0.1) is 20.4 Å². The predicted molar refractivity (Wildman–Crippen MR) is 213 cm³/mol. The first-order valence-corrected chi connectivity index (χ1v) is 18.6. The Kier molecular flexibility index (Phi) is 9.53. The van der Waals surface area contributed by atoms with Crippen molar-refractivity contribution in [3.05, 3.63) is 138 Å². The average Bonchev–Trinajstić information content (AvgIpc) is 3.83. The van der Waals surface area contributed by atoms with Crippen LogP contribution < -0.4 is 20.9 Å². The molecule has 1 aliphatic heterocycles. The minimum Gasteiger partial charge on any atom is -0.378 e. The van der Waals surface area contributed by atoms with Gasteiger partial charge in [-0.2, -0.15) is 0 Å². The SMILES string of the molecule is CN(C)c1nnc2n(Cc3ccccc3)c(=O)c3cc(Br)ccc3n12.O=c1c2cc(Br)ccc2n2c(N3CCOCC3)nnc2n1Cc1ccccc1. The fraction of sp³-hybridized carbons (Fsp3) is 0.211. The van der Waals surface area contributed by atoms with Gasteiger partial charge in [0.15, 0.2) is 0 Å². The first-order valence-electron chi connectivity index (χ1n) is 17.0. The second kappa shape index (κ2) is 14.6. The van der Waals surface area contributed by atoms with Gasteiger partial charge < -0.3 is 14.5 Å². The third kappa shape index (κ3) is 6.60. The van der Waals surface area contributed by atoms with E-state index in [1.54, 1.807) is 9.13 Å². The maximum atomic E-state index is 13.3. The molecule has 1 fully saturated rings.